The van der Waals surface area contributed by atoms with Crippen LogP contribution in [0, 0.1) is 6.92 Å². The summed E-state index contributed by atoms with van der Waals surface area (Å²) in [6.45, 7) is 3.67. The lowest BCUT2D eigenvalue weighted by molar-refractivity contribution is 0.513. The first-order valence-electron chi connectivity index (χ1n) is 5.72. The van der Waals surface area contributed by atoms with Crippen molar-refractivity contribution in [3.8, 4) is 0 Å². The number of aromatic nitrogens is 5. The molecule has 92 valence electrons. The Morgan fingerprint density at radius 3 is 2.94 bits per heavy atom. The van der Waals surface area contributed by atoms with Gasteiger partial charge in [-0.3, -0.25) is 4.68 Å². The molecule has 0 unspecified atom stereocenters. The van der Waals surface area contributed by atoms with E-state index in [1.165, 1.54) is 0 Å². The number of alkyl halides is 1. The smallest absolute Gasteiger partial charge is 0.105 e. The molecule has 0 fully saturated rings. The van der Waals surface area contributed by atoms with Gasteiger partial charge in [-0.2, -0.15) is 0 Å². The lowest BCUT2D eigenvalue weighted by Crippen LogP contribution is -2.08. The van der Waals surface area contributed by atoms with E-state index in [-0.39, 0.29) is 0 Å². The molecule has 0 atom stereocenters. The summed E-state index contributed by atoms with van der Waals surface area (Å²) in [6, 6.07) is 0. The molecule has 0 bridgehead atoms. The molecule has 0 spiro atoms. The minimum Gasteiger partial charge on any atom is -0.333 e. The monoisotopic (exact) mass is 253 g/mol. The average molecular weight is 254 g/mol. The Hall–Kier alpha value is -1.36. The van der Waals surface area contributed by atoms with Gasteiger partial charge in [-0.05, 0) is 19.8 Å². The fourth-order valence-electron chi connectivity index (χ4n) is 1.66. The summed E-state index contributed by atoms with van der Waals surface area (Å²) in [6.07, 6.45) is 7.61. The Morgan fingerprint density at radius 2 is 2.24 bits per heavy atom. The molecule has 0 saturated heterocycles. The standard InChI is InChI=1S/C11H16ClN5/c1-10-13-5-6-16(10)7-8-17-9-11(14-15-17)3-2-4-12/h5-6,9H,2-4,7-8H2,1H3. The lowest BCUT2D eigenvalue weighted by atomic mass is 10.3. The van der Waals surface area contributed by atoms with Gasteiger partial charge in [0.15, 0.2) is 0 Å². The summed E-state index contributed by atoms with van der Waals surface area (Å²) in [4.78, 5) is 4.18. The summed E-state index contributed by atoms with van der Waals surface area (Å²) in [5.41, 5.74) is 1.01. The molecule has 17 heavy (non-hydrogen) atoms. The molecular formula is C11H16ClN5. The highest BCUT2D eigenvalue weighted by Gasteiger charge is 2.01. The van der Waals surface area contributed by atoms with Crippen LogP contribution in [-0.4, -0.2) is 30.4 Å². The van der Waals surface area contributed by atoms with Gasteiger partial charge in [-0.25, -0.2) is 4.98 Å². The molecule has 0 aliphatic rings. The summed E-state index contributed by atoms with van der Waals surface area (Å²) in [5.74, 6) is 1.69. The van der Waals surface area contributed by atoms with Crippen molar-refractivity contribution in [3.63, 3.8) is 0 Å². The Kier molecular flexibility index (Phi) is 4.14. The number of hydrogen-bond donors (Lipinski definition) is 0. The topological polar surface area (TPSA) is 48.5 Å². The van der Waals surface area contributed by atoms with Gasteiger partial charge in [-0.15, -0.1) is 16.7 Å². The van der Waals surface area contributed by atoms with Crippen molar-refractivity contribution in [2.75, 3.05) is 5.88 Å². The quantitative estimate of drug-likeness (QED) is 0.736. The van der Waals surface area contributed by atoms with Crippen LogP contribution in [0.3, 0.4) is 0 Å². The highest BCUT2D eigenvalue weighted by atomic mass is 35.5. The first kappa shape index (κ1) is 12.1. The Morgan fingerprint density at radius 1 is 1.35 bits per heavy atom. The molecule has 0 aliphatic heterocycles. The second-order valence-electron chi connectivity index (χ2n) is 3.93. The molecule has 0 radical (unpaired) electrons. The Bertz CT molecular complexity index is 462. The van der Waals surface area contributed by atoms with Crippen LogP contribution >= 0.6 is 11.6 Å². The molecule has 0 saturated carbocycles. The van der Waals surface area contributed by atoms with Gasteiger partial charge in [0, 0.05) is 31.0 Å². The van der Waals surface area contributed by atoms with E-state index >= 15 is 0 Å². The number of hydrogen-bond acceptors (Lipinski definition) is 3. The van der Waals surface area contributed by atoms with Crippen molar-refractivity contribution in [1.29, 1.82) is 0 Å². The number of nitrogens with zero attached hydrogens (tertiary/aromatic N) is 5. The van der Waals surface area contributed by atoms with E-state index < -0.39 is 0 Å². The molecule has 2 heterocycles. The van der Waals surface area contributed by atoms with E-state index in [2.05, 4.69) is 19.9 Å². The Labute approximate surface area is 105 Å². The van der Waals surface area contributed by atoms with Crippen molar-refractivity contribution in [1.82, 2.24) is 24.5 Å². The normalized spacial score (nSPS) is 10.9. The second kappa shape index (κ2) is 5.82. The van der Waals surface area contributed by atoms with Crippen LogP contribution in [0.25, 0.3) is 0 Å². The van der Waals surface area contributed by atoms with Crippen molar-refractivity contribution in [2.24, 2.45) is 0 Å². The number of imidazole rings is 1. The SMILES string of the molecule is Cc1nccn1CCn1cc(CCCCl)nn1. The van der Waals surface area contributed by atoms with Crippen LogP contribution in [0.4, 0.5) is 0 Å². The molecule has 0 aliphatic carbocycles. The molecule has 5 nitrogen and oxygen atoms in total. The number of halogens is 1. The van der Waals surface area contributed by atoms with E-state index in [4.69, 9.17) is 11.6 Å². The van der Waals surface area contributed by atoms with Gasteiger partial charge in [0.05, 0.1) is 12.2 Å². The number of rotatable bonds is 6. The average Bonchev–Trinajstić information content (AvgIpc) is 2.93. The summed E-state index contributed by atoms with van der Waals surface area (Å²) < 4.78 is 3.96. The van der Waals surface area contributed by atoms with Gasteiger partial charge in [0.25, 0.3) is 0 Å². The third-order valence-electron chi connectivity index (χ3n) is 2.65. The minimum atomic E-state index is 0.668. The molecule has 0 aromatic carbocycles. The maximum Gasteiger partial charge on any atom is 0.105 e. The molecular weight excluding hydrogens is 238 g/mol. The summed E-state index contributed by atoms with van der Waals surface area (Å²) >= 11 is 5.64. The highest BCUT2D eigenvalue weighted by Crippen LogP contribution is 2.01. The van der Waals surface area contributed by atoms with Gasteiger partial charge >= 0.3 is 0 Å². The maximum atomic E-state index is 5.64. The van der Waals surface area contributed by atoms with Crippen molar-refractivity contribution in [3.05, 3.63) is 30.1 Å². The van der Waals surface area contributed by atoms with Crippen molar-refractivity contribution < 1.29 is 0 Å². The molecule has 0 amide bonds. The van der Waals surface area contributed by atoms with Crippen LogP contribution in [-0.2, 0) is 19.5 Å². The first-order valence-corrected chi connectivity index (χ1v) is 6.26. The third kappa shape index (κ3) is 3.30. The number of aryl methyl sites for hydroxylation is 4. The predicted octanol–water partition coefficient (Wildman–Crippen LogP) is 1.65. The van der Waals surface area contributed by atoms with Crippen LogP contribution in [0.15, 0.2) is 18.6 Å². The van der Waals surface area contributed by atoms with E-state index in [0.29, 0.717) is 5.88 Å². The van der Waals surface area contributed by atoms with Crippen LogP contribution < -0.4 is 0 Å². The fourth-order valence-corrected chi connectivity index (χ4v) is 1.79. The second-order valence-corrected chi connectivity index (χ2v) is 4.31. The molecule has 6 heteroatoms. The van der Waals surface area contributed by atoms with Gasteiger partial charge in [0.2, 0.25) is 0 Å². The van der Waals surface area contributed by atoms with Crippen LogP contribution in [0.2, 0.25) is 0 Å². The van der Waals surface area contributed by atoms with E-state index in [0.717, 1.165) is 37.4 Å². The highest BCUT2D eigenvalue weighted by molar-refractivity contribution is 6.17. The molecule has 2 aromatic heterocycles. The maximum absolute atomic E-state index is 5.64. The summed E-state index contributed by atoms with van der Waals surface area (Å²) in [7, 11) is 0. The minimum absolute atomic E-state index is 0.668. The lowest BCUT2D eigenvalue weighted by Gasteiger charge is -2.03. The zero-order valence-electron chi connectivity index (χ0n) is 9.88. The van der Waals surface area contributed by atoms with Crippen molar-refractivity contribution >= 4 is 11.6 Å². The largest absolute Gasteiger partial charge is 0.333 e. The molecule has 2 rings (SSSR count). The zero-order chi connectivity index (χ0) is 12.1. The molecule has 0 N–H and O–H groups in total. The fraction of sp³-hybridized carbons (Fsp3) is 0.545. The van der Waals surface area contributed by atoms with Gasteiger partial charge < -0.3 is 4.57 Å². The Balaban J connectivity index is 1.87. The zero-order valence-corrected chi connectivity index (χ0v) is 10.6. The predicted molar refractivity (Wildman–Crippen MR) is 66.0 cm³/mol. The van der Waals surface area contributed by atoms with Crippen LogP contribution in [0.5, 0.6) is 0 Å². The van der Waals surface area contributed by atoms with Gasteiger partial charge in [0.1, 0.15) is 5.82 Å². The van der Waals surface area contributed by atoms with Crippen LogP contribution in [0.1, 0.15) is 17.9 Å². The molecule has 2 aromatic rings. The first-order chi connectivity index (χ1) is 8.29. The summed E-state index contributed by atoms with van der Waals surface area (Å²) in [5, 5.41) is 8.19. The van der Waals surface area contributed by atoms with E-state index in [1.54, 1.807) is 0 Å². The van der Waals surface area contributed by atoms with E-state index in [1.807, 2.05) is 30.2 Å². The third-order valence-corrected chi connectivity index (χ3v) is 2.91. The van der Waals surface area contributed by atoms with Crippen molar-refractivity contribution in [2.45, 2.75) is 32.9 Å². The van der Waals surface area contributed by atoms with Gasteiger partial charge in [-0.1, -0.05) is 5.21 Å². The van der Waals surface area contributed by atoms with E-state index in [9.17, 15) is 0 Å².